The van der Waals surface area contributed by atoms with E-state index in [4.69, 9.17) is 15.2 Å². The fraction of sp³-hybridized carbons (Fsp3) is 0.562. The molecule has 2 aromatic rings. The number of imidazole rings is 1. The van der Waals surface area contributed by atoms with Crippen LogP contribution in [0.1, 0.15) is 25.7 Å². The molecule has 0 bridgehead atoms. The van der Waals surface area contributed by atoms with Gasteiger partial charge in [0.05, 0.1) is 25.3 Å². The molecule has 0 unspecified atom stereocenters. The first-order valence-corrected chi connectivity index (χ1v) is 7.54. The normalized spacial score (nSPS) is 19.7. The lowest BCUT2D eigenvalue weighted by Gasteiger charge is -2.17. The molecular formula is C16H21N3O2. The summed E-state index contributed by atoms with van der Waals surface area (Å²) >= 11 is 0. The summed E-state index contributed by atoms with van der Waals surface area (Å²) < 4.78 is 12.9. The van der Waals surface area contributed by atoms with Gasteiger partial charge in [0.2, 0.25) is 5.95 Å². The first-order chi connectivity index (χ1) is 10.2. The van der Waals surface area contributed by atoms with Crippen LogP contribution in [0.5, 0.6) is 11.5 Å². The SMILES string of the molecule is COc1cc2nc(N)n(CC3(C4CC4)CC3)c2cc1OC. The summed E-state index contributed by atoms with van der Waals surface area (Å²) in [6.45, 7) is 0.982. The van der Waals surface area contributed by atoms with Crippen LogP contribution in [-0.4, -0.2) is 23.8 Å². The highest BCUT2D eigenvalue weighted by Gasteiger charge is 2.54. The molecule has 2 saturated carbocycles. The first kappa shape index (κ1) is 12.8. The van der Waals surface area contributed by atoms with E-state index in [2.05, 4.69) is 9.55 Å². The summed E-state index contributed by atoms with van der Waals surface area (Å²) in [4.78, 5) is 4.49. The van der Waals surface area contributed by atoms with Crippen molar-refractivity contribution in [3.05, 3.63) is 12.1 Å². The molecule has 2 fully saturated rings. The van der Waals surface area contributed by atoms with Gasteiger partial charge in [-0.1, -0.05) is 0 Å². The van der Waals surface area contributed by atoms with Gasteiger partial charge < -0.3 is 19.8 Å². The minimum absolute atomic E-state index is 0.481. The monoisotopic (exact) mass is 287 g/mol. The molecule has 21 heavy (non-hydrogen) atoms. The molecule has 5 heteroatoms. The third kappa shape index (κ3) is 1.94. The second kappa shape index (κ2) is 4.29. The van der Waals surface area contributed by atoms with Crippen LogP contribution in [-0.2, 0) is 6.54 Å². The van der Waals surface area contributed by atoms with Crippen molar-refractivity contribution in [2.75, 3.05) is 20.0 Å². The molecule has 0 aliphatic heterocycles. The molecule has 112 valence electrons. The molecule has 0 saturated heterocycles. The lowest BCUT2D eigenvalue weighted by atomic mass is 10.0. The summed E-state index contributed by atoms with van der Waals surface area (Å²) in [6.07, 6.45) is 5.40. The van der Waals surface area contributed by atoms with Crippen LogP contribution in [0.3, 0.4) is 0 Å². The second-order valence-corrected chi connectivity index (χ2v) is 6.39. The van der Waals surface area contributed by atoms with Gasteiger partial charge in [-0.2, -0.15) is 0 Å². The van der Waals surface area contributed by atoms with E-state index in [0.29, 0.717) is 17.1 Å². The minimum Gasteiger partial charge on any atom is -0.493 e. The highest BCUT2D eigenvalue weighted by atomic mass is 16.5. The van der Waals surface area contributed by atoms with E-state index in [1.54, 1.807) is 14.2 Å². The van der Waals surface area contributed by atoms with Gasteiger partial charge in [0.25, 0.3) is 0 Å². The summed E-state index contributed by atoms with van der Waals surface area (Å²) in [5.41, 5.74) is 8.55. The fourth-order valence-electron chi connectivity index (χ4n) is 3.50. The van der Waals surface area contributed by atoms with Crippen molar-refractivity contribution >= 4 is 17.0 Å². The standard InChI is InChI=1S/C16H21N3O2/c1-20-13-7-11-12(8-14(13)21-2)19(15(17)18-11)9-16(5-6-16)10-3-4-10/h7-8,10H,3-6,9H2,1-2H3,(H2,17,18). The summed E-state index contributed by atoms with van der Waals surface area (Å²) in [5.74, 6) is 2.90. The average Bonchev–Trinajstić information content (AvgIpc) is 3.36. The highest BCUT2D eigenvalue weighted by Crippen LogP contribution is 2.62. The van der Waals surface area contributed by atoms with Crippen LogP contribution in [0.2, 0.25) is 0 Å². The van der Waals surface area contributed by atoms with Crippen molar-refractivity contribution in [1.82, 2.24) is 9.55 Å². The third-order valence-corrected chi connectivity index (χ3v) is 5.09. The number of ether oxygens (including phenoxy) is 2. The van der Waals surface area contributed by atoms with Gasteiger partial charge >= 0.3 is 0 Å². The lowest BCUT2D eigenvalue weighted by molar-refractivity contribution is 0.355. The maximum Gasteiger partial charge on any atom is 0.201 e. The minimum atomic E-state index is 0.481. The number of rotatable bonds is 5. The molecule has 0 radical (unpaired) electrons. The largest absolute Gasteiger partial charge is 0.493 e. The molecule has 2 aliphatic rings. The second-order valence-electron chi connectivity index (χ2n) is 6.39. The Kier molecular flexibility index (Phi) is 2.62. The van der Waals surface area contributed by atoms with Crippen LogP contribution >= 0.6 is 0 Å². The van der Waals surface area contributed by atoms with Crippen molar-refractivity contribution in [3.63, 3.8) is 0 Å². The van der Waals surface area contributed by atoms with E-state index in [1.165, 1.54) is 25.7 Å². The maximum absolute atomic E-state index is 6.16. The number of methoxy groups -OCH3 is 2. The van der Waals surface area contributed by atoms with E-state index >= 15 is 0 Å². The van der Waals surface area contributed by atoms with E-state index in [9.17, 15) is 0 Å². The fourth-order valence-corrected chi connectivity index (χ4v) is 3.50. The molecule has 0 spiro atoms. The van der Waals surface area contributed by atoms with Crippen molar-refractivity contribution in [1.29, 1.82) is 0 Å². The lowest BCUT2D eigenvalue weighted by Crippen LogP contribution is -2.15. The zero-order valence-electron chi connectivity index (χ0n) is 12.6. The van der Waals surface area contributed by atoms with Crippen LogP contribution in [0.15, 0.2) is 12.1 Å². The number of nitrogens with two attached hydrogens (primary N) is 1. The molecular weight excluding hydrogens is 266 g/mol. The van der Waals surface area contributed by atoms with E-state index in [0.717, 1.165) is 29.2 Å². The summed E-state index contributed by atoms with van der Waals surface area (Å²) in [5, 5.41) is 0. The number of nitrogens with zero attached hydrogens (tertiary/aromatic N) is 2. The summed E-state index contributed by atoms with van der Waals surface area (Å²) in [7, 11) is 3.29. The van der Waals surface area contributed by atoms with Crippen LogP contribution < -0.4 is 15.2 Å². The predicted octanol–water partition coefficient (Wildman–Crippen LogP) is 2.83. The quantitative estimate of drug-likeness (QED) is 0.918. The molecule has 2 N–H and O–H groups in total. The predicted molar refractivity (Wildman–Crippen MR) is 81.6 cm³/mol. The molecule has 2 aliphatic carbocycles. The zero-order valence-corrected chi connectivity index (χ0v) is 12.6. The zero-order chi connectivity index (χ0) is 14.6. The molecule has 0 amide bonds. The first-order valence-electron chi connectivity index (χ1n) is 7.54. The van der Waals surface area contributed by atoms with Crippen LogP contribution in [0.25, 0.3) is 11.0 Å². The topological polar surface area (TPSA) is 62.3 Å². The Morgan fingerprint density at radius 3 is 2.48 bits per heavy atom. The maximum atomic E-state index is 6.16. The Morgan fingerprint density at radius 1 is 1.24 bits per heavy atom. The summed E-state index contributed by atoms with van der Waals surface area (Å²) in [6, 6.07) is 3.89. The smallest absolute Gasteiger partial charge is 0.201 e. The van der Waals surface area contributed by atoms with E-state index in [1.807, 2.05) is 12.1 Å². The van der Waals surface area contributed by atoms with Gasteiger partial charge in [-0.05, 0) is 37.0 Å². The van der Waals surface area contributed by atoms with Gasteiger partial charge in [0.15, 0.2) is 11.5 Å². The van der Waals surface area contributed by atoms with Crippen molar-refractivity contribution in [2.45, 2.75) is 32.2 Å². The van der Waals surface area contributed by atoms with Gasteiger partial charge in [-0.3, -0.25) is 0 Å². The average molecular weight is 287 g/mol. The number of hydrogen-bond donors (Lipinski definition) is 1. The molecule has 0 atom stereocenters. The van der Waals surface area contributed by atoms with Gasteiger partial charge in [0, 0.05) is 18.7 Å². The Morgan fingerprint density at radius 2 is 1.90 bits per heavy atom. The van der Waals surface area contributed by atoms with Crippen molar-refractivity contribution in [3.8, 4) is 11.5 Å². The number of benzene rings is 1. The number of anilines is 1. The van der Waals surface area contributed by atoms with E-state index in [-0.39, 0.29) is 0 Å². The van der Waals surface area contributed by atoms with Gasteiger partial charge in [-0.25, -0.2) is 4.98 Å². The van der Waals surface area contributed by atoms with Crippen molar-refractivity contribution < 1.29 is 9.47 Å². The number of hydrogen-bond acceptors (Lipinski definition) is 4. The molecule has 1 heterocycles. The van der Waals surface area contributed by atoms with Crippen LogP contribution in [0, 0.1) is 11.3 Å². The molecule has 1 aromatic carbocycles. The third-order valence-electron chi connectivity index (χ3n) is 5.09. The molecule has 4 rings (SSSR count). The van der Waals surface area contributed by atoms with E-state index < -0.39 is 0 Å². The Labute approximate surface area is 124 Å². The number of nitrogen functional groups attached to an aromatic ring is 1. The Balaban J connectivity index is 1.79. The van der Waals surface area contributed by atoms with Gasteiger partial charge in [0.1, 0.15) is 0 Å². The highest BCUT2D eigenvalue weighted by molar-refractivity contribution is 5.82. The number of aromatic nitrogens is 2. The molecule has 5 nitrogen and oxygen atoms in total. The van der Waals surface area contributed by atoms with Gasteiger partial charge in [-0.15, -0.1) is 0 Å². The molecule has 1 aromatic heterocycles. The Hall–Kier alpha value is -1.91. The Bertz CT molecular complexity index is 699. The van der Waals surface area contributed by atoms with Crippen molar-refractivity contribution in [2.24, 2.45) is 11.3 Å². The van der Waals surface area contributed by atoms with Crippen LogP contribution in [0.4, 0.5) is 5.95 Å². The number of fused-ring (bicyclic) bond motifs is 1.